The van der Waals surface area contributed by atoms with Gasteiger partial charge in [0.2, 0.25) is 17.7 Å². The van der Waals surface area contributed by atoms with Crippen LogP contribution in [0.3, 0.4) is 0 Å². The van der Waals surface area contributed by atoms with Gasteiger partial charge in [-0.2, -0.15) is 0 Å². The molecule has 1 aliphatic heterocycles. The van der Waals surface area contributed by atoms with Crippen LogP contribution in [0, 0.1) is 0 Å². The van der Waals surface area contributed by atoms with Crippen molar-refractivity contribution >= 4 is 29.5 Å². The van der Waals surface area contributed by atoms with Gasteiger partial charge in [0.25, 0.3) is 0 Å². The Morgan fingerprint density at radius 1 is 1.69 bits per heavy atom. The topological polar surface area (TPSA) is 75.3 Å². The van der Waals surface area contributed by atoms with Gasteiger partial charge in [0.1, 0.15) is 0 Å². The molecule has 1 fully saturated rings. The van der Waals surface area contributed by atoms with Crippen molar-refractivity contribution in [3.63, 3.8) is 0 Å². The van der Waals surface area contributed by atoms with Crippen molar-refractivity contribution in [2.75, 3.05) is 12.8 Å². The van der Waals surface area contributed by atoms with Crippen LogP contribution in [0.1, 0.15) is 6.42 Å². The quantitative estimate of drug-likeness (QED) is 0.568. The van der Waals surface area contributed by atoms with Gasteiger partial charge in [0, 0.05) is 13.5 Å². The molecule has 1 heterocycles. The highest BCUT2D eigenvalue weighted by Gasteiger charge is 2.30. The molecule has 1 unspecified atom stereocenters. The van der Waals surface area contributed by atoms with Gasteiger partial charge in [0.15, 0.2) is 0 Å². The molecule has 0 aromatic rings. The number of thioether (sulfide) groups is 1. The van der Waals surface area contributed by atoms with Crippen LogP contribution in [-0.2, 0) is 14.4 Å². The van der Waals surface area contributed by atoms with Crippen LogP contribution in [0.2, 0.25) is 0 Å². The highest BCUT2D eigenvalue weighted by molar-refractivity contribution is 8.01. The molecule has 0 saturated carbocycles. The molecule has 13 heavy (non-hydrogen) atoms. The third-order valence-electron chi connectivity index (χ3n) is 1.62. The molecule has 0 spiro atoms. The third-order valence-corrected chi connectivity index (χ3v) is 2.83. The largest absolute Gasteiger partial charge is 0.358 e. The predicted octanol–water partition coefficient (Wildman–Crippen LogP) is -1.12. The third kappa shape index (κ3) is 2.73. The second-order valence-electron chi connectivity index (χ2n) is 2.59. The Labute approximate surface area is 79.6 Å². The van der Waals surface area contributed by atoms with Crippen molar-refractivity contribution in [1.29, 1.82) is 0 Å². The smallest absolute Gasteiger partial charge is 0.240 e. The summed E-state index contributed by atoms with van der Waals surface area (Å²) in [5.74, 6) is -0.488. The van der Waals surface area contributed by atoms with E-state index in [2.05, 4.69) is 10.6 Å². The Hall–Kier alpha value is -1.04. The van der Waals surface area contributed by atoms with Crippen molar-refractivity contribution in [3.8, 4) is 0 Å². The lowest BCUT2D eigenvalue weighted by Gasteiger charge is -2.03. The average Bonchev–Trinajstić information content (AvgIpc) is 2.41. The fraction of sp³-hybridized carbons (Fsp3) is 0.571. The molecule has 3 amide bonds. The van der Waals surface area contributed by atoms with E-state index in [0.717, 1.165) is 0 Å². The van der Waals surface area contributed by atoms with E-state index in [1.54, 1.807) is 0 Å². The number of nitrogens with one attached hydrogen (secondary N) is 2. The second kappa shape index (κ2) is 4.27. The van der Waals surface area contributed by atoms with E-state index >= 15 is 0 Å². The first kappa shape index (κ1) is 10.0. The standard InChI is InChI=1S/C7H10N2O3S/c1-8-6(11)3-13-4-2-5(10)9-7(4)12/h4H,2-3H2,1H3,(H,8,11)(H,9,10,12). The van der Waals surface area contributed by atoms with E-state index in [1.165, 1.54) is 18.8 Å². The monoisotopic (exact) mass is 202 g/mol. The zero-order chi connectivity index (χ0) is 9.84. The Morgan fingerprint density at radius 3 is 2.85 bits per heavy atom. The maximum atomic E-state index is 11.0. The highest BCUT2D eigenvalue weighted by Crippen LogP contribution is 2.18. The number of carbonyl (C=O) groups excluding carboxylic acids is 3. The van der Waals surface area contributed by atoms with Crippen LogP contribution in [0.15, 0.2) is 0 Å². The summed E-state index contributed by atoms with van der Waals surface area (Å²) in [4.78, 5) is 32.5. The molecule has 0 aliphatic carbocycles. The van der Waals surface area contributed by atoms with Crippen LogP contribution in [0.25, 0.3) is 0 Å². The minimum atomic E-state index is -0.398. The Bertz CT molecular complexity index is 254. The molecule has 0 bridgehead atoms. The average molecular weight is 202 g/mol. The maximum absolute atomic E-state index is 11.0. The van der Waals surface area contributed by atoms with Crippen molar-refractivity contribution < 1.29 is 14.4 Å². The number of amides is 3. The molecule has 5 nitrogen and oxygen atoms in total. The number of rotatable bonds is 3. The fourth-order valence-electron chi connectivity index (χ4n) is 0.913. The lowest BCUT2D eigenvalue weighted by Crippen LogP contribution is -2.25. The summed E-state index contributed by atoms with van der Waals surface area (Å²) in [5.41, 5.74) is 0. The van der Waals surface area contributed by atoms with Gasteiger partial charge in [-0.15, -0.1) is 11.8 Å². The van der Waals surface area contributed by atoms with Gasteiger partial charge in [-0.05, 0) is 0 Å². The highest BCUT2D eigenvalue weighted by atomic mass is 32.2. The first-order valence-corrected chi connectivity index (χ1v) is 4.84. The molecule has 6 heteroatoms. The minimum Gasteiger partial charge on any atom is -0.358 e. The van der Waals surface area contributed by atoms with Crippen LogP contribution in [0.5, 0.6) is 0 Å². The SMILES string of the molecule is CNC(=O)CSC1CC(=O)NC1=O. The number of carbonyl (C=O) groups is 3. The molecule has 0 aromatic heterocycles. The molecule has 0 radical (unpaired) electrons. The second-order valence-corrected chi connectivity index (χ2v) is 3.78. The first-order valence-electron chi connectivity index (χ1n) is 3.79. The summed E-state index contributed by atoms with van der Waals surface area (Å²) in [7, 11) is 1.53. The lowest BCUT2D eigenvalue weighted by atomic mass is 10.4. The van der Waals surface area contributed by atoms with Crippen molar-refractivity contribution in [2.45, 2.75) is 11.7 Å². The zero-order valence-corrected chi connectivity index (χ0v) is 7.94. The van der Waals surface area contributed by atoms with E-state index < -0.39 is 5.25 Å². The van der Waals surface area contributed by atoms with Gasteiger partial charge < -0.3 is 5.32 Å². The molecule has 1 atom stereocenters. The molecule has 1 rings (SSSR count). The molecule has 72 valence electrons. The Morgan fingerprint density at radius 2 is 2.38 bits per heavy atom. The summed E-state index contributed by atoms with van der Waals surface area (Å²) < 4.78 is 0. The summed E-state index contributed by atoms with van der Waals surface area (Å²) in [5, 5.41) is 4.22. The van der Waals surface area contributed by atoms with Crippen molar-refractivity contribution in [1.82, 2.24) is 10.6 Å². The number of hydrogen-bond donors (Lipinski definition) is 2. The molecule has 1 saturated heterocycles. The summed E-state index contributed by atoms with van der Waals surface area (Å²) in [6, 6.07) is 0. The molecular formula is C7H10N2O3S. The normalized spacial score (nSPS) is 21.5. The van der Waals surface area contributed by atoms with Gasteiger partial charge in [-0.1, -0.05) is 0 Å². The van der Waals surface area contributed by atoms with Gasteiger partial charge >= 0.3 is 0 Å². The van der Waals surface area contributed by atoms with Gasteiger partial charge in [0.05, 0.1) is 11.0 Å². The van der Waals surface area contributed by atoms with E-state index in [0.29, 0.717) is 0 Å². The van der Waals surface area contributed by atoms with Crippen LogP contribution in [-0.4, -0.2) is 35.8 Å². The number of hydrogen-bond acceptors (Lipinski definition) is 4. The lowest BCUT2D eigenvalue weighted by molar-refractivity contribution is -0.124. The maximum Gasteiger partial charge on any atom is 0.240 e. The van der Waals surface area contributed by atoms with Crippen LogP contribution >= 0.6 is 11.8 Å². The van der Waals surface area contributed by atoms with Crippen LogP contribution in [0.4, 0.5) is 0 Å². The van der Waals surface area contributed by atoms with E-state index in [4.69, 9.17) is 0 Å². The summed E-state index contributed by atoms with van der Waals surface area (Å²) in [6.45, 7) is 0. The Balaban J connectivity index is 2.33. The van der Waals surface area contributed by atoms with Crippen LogP contribution < -0.4 is 10.6 Å². The van der Waals surface area contributed by atoms with Crippen molar-refractivity contribution in [3.05, 3.63) is 0 Å². The predicted molar refractivity (Wildman–Crippen MR) is 48.1 cm³/mol. The summed E-state index contributed by atoms with van der Waals surface area (Å²) >= 11 is 1.18. The molecule has 2 N–H and O–H groups in total. The first-order chi connectivity index (χ1) is 6.13. The van der Waals surface area contributed by atoms with Crippen molar-refractivity contribution in [2.24, 2.45) is 0 Å². The van der Waals surface area contributed by atoms with Gasteiger partial charge in [-0.3, -0.25) is 19.7 Å². The van der Waals surface area contributed by atoms with Gasteiger partial charge in [-0.25, -0.2) is 0 Å². The van der Waals surface area contributed by atoms with E-state index in [9.17, 15) is 14.4 Å². The molecule has 1 aliphatic rings. The molecular weight excluding hydrogens is 192 g/mol. The fourth-order valence-corrected chi connectivity index (χ4v) is 1.89. The van der Waals surface area contributed by atoms with E-state index in [-0.39, 0.29) is 29.9 Å². The van der Waals surface area contributed by atoms with E-state index in [1.807, 2.05) is 0 Å². The molecule has 0 aromatic carbocycles. The Kier molecular flexibility index (Phi) is 3.30. The number of imide groups is 1. The zero-order valence-electron chi connectivity index (χ0n) is 7.12. The minimum absolute atomic E-state index is 0.142. The summed E-state index contributed by atoms with van der Waals surface area (Å²) in [6.07, 6.45) is 0.181.